The van der Waals surface area contributed by atoms with E-state index in [9.17, 15) is 9.59 Å². The molecule has 1 aromatic heterocycles. The molecule has 0 saturated heterocycles. The molecule has 0 spiro atoms. The van der Waals surface area contributed by atoms with Gasteiger partial charge in [-0.15, -0.1) is 0 Å². The lowest BCUT2D eigenvalue weighted by Crippen LogP contribution is -2.44. The normalized spacial score (nSPS) is 11.0. The van der Waals surface area contributed by atoms with Crippen LogP contribution in [-0.2, 0) is 4.79 Å². The quantitative estimate of drug-likeness (QED) is 0.832. The minimum atomic E-state index is -0.953. The second-order valence-corrected chi connectivity index (χ2v) is 5.09. The predicted octanol–water partition coefficient (Wildman–Crippen LogP) is 1.83. The Morgan fingerprint density at radius 1 is 1.53 bits per heavy atom. The van der Waals surface area contributed by atoms with Crippen LogP contribution in [0.1, 0.15) is 30.6 Å². The van der Waals surface area contributed by atoms with Crippen molar-refractivity contribution in [2.75, 3.05) is 0 Å². The number of aromatic nitrogens is 1. The number of carboxylic acids is 1. The van der Waals surface area contributed by atoms with Gasteiger partial charge in [0.15, 0.2) is 0 Å². The van der Waals surface area contributed by atoms with E-state index in [0.29, 0.717) is 10.2 Å². The molecule has 1 heterocycles. The van der Waals surface area contributed by atoms with E-state index in [1.807, 2.05) is 0 Å². The molecule has 0 fully saturated rings. The fraction of sp³-hybridized carbons (Fsp3) is 0.364. The van der Waals surface area contributed by atoms with Crippen LogP contribution in [-0.4, -0.2) is 27.5 Å². The van der Waals surface area contributed by atoms with Crippen molar-refractivity contribution in [2.24, 2.45) is 0 Å². The van der Waals surface area contributed by atoms with Crippen LogP contribution < -0.4 is 5.32 Å². The van der Waals surface area contributed by atoms with Gasteiger partial charge >= 0.3 is 5.97 Å². The van der Waals surface area contributed by atoms with Crippen LogP contribution in [0.15, 0.2) is 22.9 Å². The number of halogens is 1. The van der Waals surface area contributed by atoms with Gasteiger partial charge in [0.05, 0.1) is 6.42 Å². The Balaban J connectivity index is 2.75. The summed E-state index contributed by atoms with van der Waals surface area (Å²) < 4.78 is 0.557. The smallest absolute Gasteiger partial charge is 0.305 e. The lowest BCUT2D eigenvalue weighted by Gasteiger charge is -2.24. The van der Waals surface area contributed by atoms with Crippen molar-refractivity contribution in [1.29, 1.82) is 0 Å². The second kappa shape index (κ2) is 5.27. The Kier molecular flexibility index (Phi) is 4.22. The zero-order chi connectivity index (χ0) is 13.1. The van der Waals surface area contributed by atoms with Crippen LogP contribution in [0.5, 0.6) is 0 Å². The molecule has 1 aromatic rings. The van der Waals surface area contributed by atoms with Crippen molar-refractivity contribution in [1.82, 2.24) is 10.3 Å². The summed E-state index contributed by atoms with van der Waals surface area (Å²) in [5, 5.41) is 11.4. The zero-order valence-corrected chi connectivity index (χ0v) is 11.1. The third kappa shape index (κ3) is 4.52. The second-order valence-electron chi connectivity index (χ2n) is 4.28. The number of rotatable bonds is 4. The first-order valence-electron chi connectivity index (χ1n) is 4.96. The molecule has 0 bridgehead atoms. The maximum Gasteiger partial charge on any atom is 0.305 e. The van der Waals surface area contributed by atoms with E-state index in [1.165, 1.54) is 6.20 Å². The predicted molar refractivity (Wildman–Crippen MR) is 65.7 cm³/mol. The van der Waals surface area contributed by atoms with Gasteiger partial charge in [0.2, 0.25) is 0 Å². The molecule has 6 heteroatoms. The molecule has 1 rings (SSSR count). The first-order chi connectivity index (χ1) is 7.80. The van der Waals surface area contributed by atoms with Gasteiger partial charge in [0.25, 0.3) is 5.91 Å². The van der Waals surface area contributed by atoms with Gasteiger partial charge in [-0.3, -0.25) is 9.59 Å². The Bertz CT molecular complexity index is 446. The highest BCUT2D eigenvalue weighted by atomic mass is 79.9. The Hall–Kier alpha value is -1.43. The minimum absolute atomic E-state index is 0.134. The molecule has 0 aromatic carbocycles. The van der Waals surface area contributed by atoms with E-state index in [4.69, 9.17) is 5.11 Å². The number of hydrogen-bond donors (Lipinski definition) is 2. The summed E-state index contributed by atoms with van der Waals surface area (Å²) in [6.07, 6.45) is 1.37. The van der Waals surface area contributed by atoms with Gasteiger partial charge in [0.1, 0.15) is 4.60 Å². The Morgan fingerprint density at radius 2 is 2.18 bits per heavy atom. The van der Waals surface area contributed by atoms with Gasteiger partial charge in [-0.25, -0.2) is 4.98 Å². The monoisotopic (exact) mass is 300 g/mol. The molecule has 0 atom stereocenters. The molecular formula is C11H13BrN2O3. The van der Waals surface area contributed by atoms with Crippen LogP contribution in [0.3, 0.4) is 0 Å². The summed E-state index contributed by atoms with van der Waals surface area (Å²) in [6, 6.07) is 3.14. The fourth-order valence-corrected chi connectivity index (χ4v) is 1.71. The maximum atomic E-state index is 11.8. The van der Waals surface area contributed by atoms with Crippen molar-refractivity contribution < 1.29 is 14.7 Å². The summed E-state index contributed by atoms with van der Waals surface area (Å²) in [7, 11) is 0. The molecule has 1 amide bonds. The first-order valence-corrected chi connectivity index (χ1v) is 5.75. The number of nitrogens with one attached hydrogen (secondary N) is 1. The van der Waals surface area contributed by atoms with Crippen molar-refractivity contribution >= 4 is 27.8 Å². The molecular weight excluding hydrogens is 288 g/mol. The SMILES string of the molecule is CC(C)(CC(=O)O)NC(=O)c1ccnc(Br)c1. The summed E-state index contributed by atoms with van der Waals surface area (Å²) in [5.74, 6) is -1.27. The van der Waals surface area contributed by atoms with Crippen molar-refractivity contribution in [3.8, 4) is 0 Å². The third-order valence-corrected chi connectivity index (χ3v) is 2.47. The first kappa shape index (κ1) is 13.6. The number of nitrogens with zero attached hydrogens (tertiary/aromatic N) is 1. The van der Waals surface area contributed by atoms with E-state index >= 15 is 0 Å². The maximum absolute atomic E-state index is 11.8. The average Bonchev–Trinajstić information content (AvgIpc) is 2.14. The molecule has 0 aliphatic heterocycles. The molecule has 0 saturated carbocycles. The van der Waals surface area contributed by atoms with Gasteiger partial charge < -0.3 is 10.4 Å². The fourth-order valence-electron chi connectivity index (χ4n) is 1.35. The molecule has 5 nitrogen and oxygen atoms in total. The number of carbonyl (C=O) groups excluding carboxylic acids is 1. The number of pyridine rings is 1. The Morgan fingerprint density at radius 3 is 2.71 bits per heavy atom. The standard InChI is InChI=1S/C11H13BrN2O3/c1-11(2,6-9(15)16)14-10(17)7-3-4-13-8(12)5-7/h3-5H,6H2,1-2H3,(H,14,17)(H,15,16). The summed E-state index contributed by atoms with van der Waals surface area (Å²) in [4.78, 5) is 26.4. The average molecular weight is 301 g/mol. The number of carboxylic acid groups (broad SMARTS) is 1. The number of amides is 1. The highest BCUT2D eigenvalue weighted by Crippen LogP contribution is 2.12. The highest BCUT2D eigenvalue weighted by molar-refractivity contribution is 9.10. The van der Waals surface area contributed by atoms with Crippen molar-refractivity contribution in [3.05, 3.63) is 28.5 Å². The largest absolute Gasteiger partial charge is 0.481 e. The molecule has 2 N–H and O–H groups in total. The van der Waals surface area contributed by atoms with Gasteiger partial charge in [-0.1, -0.05) is 0 Å². The van der Waals surface area contributed by atoms with Gasteiger partial charge in [-0.05, 0) is 41.9 Å². The lowest BCUT2D eigenvalue weighted by molar-refractivity contribution is -0.138. The van der Waals surface area contributed by atoms with Gasteiger partial charge in [-0.2, -0.15) is 0 Å². The van der Waals surface area contributed by atoms with E-state index in [1.54, 1.807) is 26.0 Å². The molecule has 0 unspecified atom stereocenters. The number of carbonyl (C=O) groups is 2. The van der Waals surface area contributed by atoms with Crippen LogP contribution in [0.25, 0.3) is 0 Å². The van der Waals surface area contributed by atoms with Gasteiger partial charge in [0, 0.05) is 17.3 Å². The molecule has 0 aliphatic rings. The van der Waals surface area contributed by atoms with E-state index < -0.39 is 11.5 Å². The van der Waals surface area contributed by atoms with Crippen LogP contribution >= 0.6 is 15.9 Å². The van der Waals surface area contributed by atoms with Crippen molar-refractivity contribution in [2.45, 2.75) is 25.8 Å². The topological polar surface area (TPSA) is 79.3 Å². The highest BCUT2D eigenvalue weighted by Gasteiger charge is 2.24. The third-order valence-electron chi connectivity index (χ3n) is 2.03. The minimum Gasteiger partial charge on any atom is -0.481 e. The van der Waals surface area contributed by atoms with E-state index in [0.717, 1.165) is 0 Å². The number of hydrogen-bond acceptors (Lipinski definition) is 3. The summed E-state index contributed by atoms with van der Waals surface area (Å²) >= 11 is 3.17. The molecule has 0 radical (unpaired) electrons. The van der Waals surface area contributed by atoms with E-state index in [2.05, 4.69) is 26.2 Å². The van der Waals surface area contributed by atoms with Crippen LogP contribution in [0.2, 0.25) is 0 Å². The van der Waals surface area contributed by atoms with Crippen LogP contribution in [0.4, 0.5) is 0 Å². The zero-order valence-electron chi connectivity index (χ0n) is 9.53. The van der Waals surface area contributed by atoms with E-state index in [-0.39, 0.29) is 12.3 Å². The Labute approximate surface area is 107 Å². The number of aliphatic carboxylic acids is 1. The molecule has 17 heavy (non-hydrogen) atoms. The molecule has 92 valence electrons. The molecule has 0 aliphatic carbocycles. The summed E-state index contributed by atoms with van der Waals surface area (Å²) in [5.41, 5.74) is -0.357. The van der Waals surface area contributed by atoms with Crippen molar-refractivity contribution in [3.63, 3.8) is 0 Å². The summed E-state index contributed by atoms with van der Waals surface area (Å²) in [6.45, 7) is 3.32. The van der Waals surface area contributed by atoms with Crippen LogP contribution in [0, 0.1) is 0 Å². The lowest BCUT2D eigenvalue weighted by atomic mass is 10.0.